The molecule has 3 aromatic rings. The van der Waals surface area contributed by atoms with Crippen LogP contribution in [0, 0.1) is 13.8 Å². The molecule has 1 aromatic heterocycles. The molecule has 32 heavy (non-hydrogen) atoms. The van der Waals surface area contributed by atoms with E-state index < -0.39 is 6.10 Å². The number of likely N-dealkylation sites (N-methyl/N-ethyl adjacent to an activating group) is 1. The molecule has 6 nitrogen and oxygen atoms in total. The second kappa shape index (κ2) is 10.5. The summed E-state index contributed by atoms with van der Waals surface area (Å²) < 4.78 is 12.9. The molecule has 0 spiro atoms. The van der Waals surface area contributed by atoms with Crippen LogP contribution in [0.25, 0.3) is 10.2 Å². The number of benzene rings is 2. The summed E-state index contributed by atoms with van der Waals surface area (Å²) in [5, 5.41) is 0.711. The normalized spacial score (nSPS) is 15.0. The first-order chi connectivity index (χ1) is 15.0. The van der Waals surface area contributed by atoms with Gasteiger partial charge in [0.05, 0.1) is 10.2 Å². The number of rotatable bonds is 7. The number of carbonyl (C=O) groups is 1. The molecule has 0 saturated heterocycles. The van der Waals surface area contributed by atoms with Crippen molar-refractivity contribution in [3.8, 4) is 11.5 Å². The molecular formula is C24H30ClN3O3S. The predicted octanol–water partition coefficient (Wildman–Crippen LogP) is 4.85. The van der Waals surface area contributed by atoms with Gasteiger partial charge in [0.25, 0.3) is 5.91 Å². The van der Waals surface area contributed by atoms with E-state index in [1.807, 2.05) is 24.3 Å². The predicted molar refractivity (Wildman–Crippen MR) is 133 cm³/mol. The molecular weight excluding hydrogens is 446 g/mol. The summed E-state index contributed by atoms with van der Waals surface area (Å²) in [4.78, 5) is 22.5. The minimum Gasteiger partial charge on any atom is -0.485 e. The Hall–Kier alpha value is -2.35. The van der Waals surface area contributed by atoms with E-state index >= 15 is 0 Å². The summed E-state index contributed by atoms with van der Waals surface area (Å²) >= 11 is 1.56. The number of anilines is 1. The Kier molecular flexibility index (Phi) is 7.98. The van der Waals surface area contributed by atoms with E-state index in [0.29, 0.717) is 23.2 Å². The van der Waals surface area contributed by atoms with Crippen LogP contribution >= 0.6 is 23.7 Å². The van der Waals surface area contributed by atoms with Crippen molar-refractivity contribution in [2.75, 3.05) is 37.7 Å². The molecule has 0 radical (unpaired) electrons. The Morgan fingerprint density at radius 3 is 2.56 bits per heavy atom. The van der Waals surface area contributed by atoms with Crippen LogP contribution in [0.2, 0.25) is 0 Å². The third kappa shape index (κ3) is 5.00. The lowest BCUT2D eigenvalue weighted by atomic mass is 10.1. The van der Waals surface area contributed by atoms with Gasteiger partial charge in [0.1, 0.15) is 6.61 Å². The molecule has 1 unspecified atom stereocenters. The minimum absolute atomic E-state index is 0. The van der Waals surface area contributed by atoms with Crippen LogP contribution in [-0.2, 0) is 4.79 Å². The number of amides is 1. The fraction of sp³-hybridized carbons (Fsp3) is 0.417. The maximum Gasteiger partial charge on any atom is 0.273 e. The summed E-state index contributed by atoms with van der Waals surface area (Å²) in [5.74, 6) is 1.16. The maximum absolute atomic E-state index is 13.6. The van der Waals surface area contributed by atoms with Crippen LogP contribution in [0.4, 0.5) is 5.13 Å². The first-order valence-corrected chi connectivity index (χ1v) is 11.6. The smallest absolute Gasteiger partial charge is 0.273 e. The van der Waals surface area contributed by atoms with E-state index in [4.69, 9.17) is 14.5 Å². The lowest BCUT2D eigenvalue weighted by Gasteiger charge is -2.30. The van der Waals surface area contributed by atoms with Crippen LogP contribution in [0.3, 0.4) is 0 Å². The highest BCUT2D eigenvalue weighted by atomic mass is 35.5. The van der Waals surface area contributed by atoms with Gasteiger partial charge in [-0.25, -0.2) is 4.98 Å². The second-order valence-corrected chi connectivity index (χ2v) is 8.82. The summed E-state index contributed by atoms with van der Waals surface area (Å²) in [7, 11) is 0. The van der Waals surface area contributed by atoms with Gasteiger partial charge in [0, 0.05) is 13.1 Å². The number of halogens is 1. The Bertz CT molecular complexity index is 1080. The SMILES string of the molecule is CCN(CC)CCN(C(=O)C1COc2ccccc2O1)c1nc2c(C)cc(C)cc2s1.Cl. The molecule has 2 heterocycles. The van der Waals surface area contributed by atoms with Crippen LogP contribution in [-0.4, -0.2) is 54.7 Å². The largest absolute Gasteiger partial charge is 0.485 e. The molecule has 1 aliphatic rings. The van der Waals surface area contributed by atoms with Gasteiger partial charge in [-0.2, -0.15) is 0 Å². The van der Waals surface area contributed by atoms with Gasteiger partial charge in [-0.15, -0.1) is 12.4 Å². The number of hydrogen-bond acceptors (Lipinski definition) is 6. The first-order valence-electron chi connectivity index (χ1n) is 10.8. The Balaban J connectivity index is 0.00000289. The second-order valence-electron chi connectivity index (χ2n) is 7.81. The van der Waals surface area contributed by atoms with Crippen molar-refractivity contribution < 1.29 is 14.3 Å². The zero-order chi connectivity index (χ0) is 22.0. The van der Waals surface area contributed by atoms with Gasteiger partial charge in [-0.3, -0.25) is 9.69 Å². The number of aromatic nitrogens is 1. The maximum atomic E-state index is 13.6. The average molecular weight is 476 g/mol. The fourth-order valence-corrected chi connectivity index (χ4v) is 5.04. The van der Waals surface area contributed by atoms with Crippen molar-refractivity contribution >= 4 is 45.0 Å². The summed E-state index contributed by atoms with van der Waals surface area (Å²) in [5.41, 5.74) is 3.28. The Labute approximate surface area is 199 Å². The van der Waals surface area contributed by atoms with Crippen LogP contribution in [0.1, 0.15) is 25.0 Å². The third-order valence-electron chi connectivity index (χ3n) is 5.63. The topological polar surface area (TPSA) is 54.9 Å². The molecule has 0 fully saturated rings. The van der Waals surface area contributed by atoms with Crippen LogP contribution in [0.15, 0.2) is 36.4 Å². The molecule has 1 atom stereocenters. The summed E-state index contributed by atoms with van der Waals surface area (Å²) in [6.45, 7) is 11.8. The van der Waals surface area contributed by atoms with Crippen molar-refractivity contribution in [3.63, 3.8) is 0 Å². The lowest BCUT2D eigenvalue weighted by Crippen LogP contribution is -2.48. The highest BCUT2D eigenvalue weighted by Crippen LogP contribution is 2.34. The van der Waals surface area contributed by atoms with Gasteiger partial charge in [0.15, 0.2) is 16.6 Å². The molecule has 0 saturated carbocycles. The third-order valence-corrected chi connectivity index (χ3v) is 6.66. The molecule has 0 bridgehead atoms. The number of aryl methyl sites for hydroxylation is 2. The lowest BCUT2D eigenvalue weighted by molar-refractivity contribution is -0.127. The van der Waals surface area contributed by atoms with Crippen molar-refractivity contribution in [1.82, 2.24) is 9.88 Å². The number of nitrogens with zero attached hydrogens (tertiary/aromatic N) is 3. The van der Waals surface area contributed by atoms with Gasteiger partial charge in [-0.1, -0.05) is 43.4 Å². The molecule has 0 N–H and O–H groups in total. The standard InChI is InChI=1S/C24H29N3O3S.ClH/c1-5-26(6-2)11-12-27(24-25-22-17(4)13-16(3)14-21(22)31-24)23(28)20-15-29-18-9-7-8-10-19(18)30-20;/h7-10,13-14,20H,5-6,11-12,15H2,1-4H3;1H. The first kappa shape index (κ1) is 24.3. The fourth-order valence-electron chi connectivity index (χ4n) is 3.87. The van der Waals surface area contributed by atoms with E-state index in [1.165, 1.54) is 5.56 Å². The van der Waals surface area contributed by atoms with Crippen molar-refractivity contribution in [2.24, 2.45) is 0 Å². The zero-order valence-electron chi connectivity index (χ0n) is 19.0. The molecule has 2 aromatic carbocycles. The Morgan fingerprint density at radius 2 is 1.84 bits per heavy atom. The molecule has 8 heteroatoms. The number of hydrogen-bond donors (Lipinski definition) is 0. The monoisotopic (exact) mass is 475 g/mol. The molecule has 4 rings (SSSR count). The number of ether oxygens (including phenoxy) is 2. The molecule has 0 aliphatic carbocycles. The average Bonchev–Trinajstić information content (AvgIpc) is 3.20. The quantitative estimate of drug-likeness (QED) is 0.489. The van der Waals surface area contributed by atoms with Crippen LogP contribution < -0.4 is 14.4 Å². The van der Waals surface area contributed by atoms with Crippen molar-refractivity contribution in [1.29, 1.82) is 0 Å². The zero-order valence-corrected chi connectivity index (χ0v) is 20.6. The van der Waals surface area contributed by atoms with Crippen molar-refractivity contribution in [2.45, 2.75) is 33.8 Å². The van der Waals surface area contributed by atoms with E-state index in [0.717, 1.165) is 35.4 Å². The van der Waals surface area contributed by atoms with E-state index in [9.17, 15) is 4.79 Å². The van der Waals surface area contributed by atoms with Gasteiger partial charge in [0.2, 0.25) is 6.10 Å². The number of carbonyl (C=O) groups excluding carboxylic acids is 1. The Morgan fingerprint density at radius 1 is 1.12 bits per heavy atom. The molecule has 1 amide bonds. The summed E-state index contributed by atoms with van der Waals surface area (Å²) in [6.07, 6.45) is -0.693. The minimum atomic E-state index is -0.693. The van der Waals surface area contributed by atoms with Crippen LogP contribution in [0.5, 0.6) is 11.5 Å². The highest BCUT2D eigenvalue weighted by molar-refractivity contribution is 7.22. The number of para-hydroxylation sites is 2. The number of thiazole rings is 1. The number of fused-ring (bicyclic) bond motifs is 2. The van der Waals surface area contributed by atoms with Gasteiger partial charge in [-0.05, 0) is 56.3 Å². The molecule has 172 valence electrons. The van der Waals surface area contributed by atoms with E-state index in [-0.39, 0.29) is 24.9 Å². The molecule has 1 aliphatic heterocycles. The van der Waals surface area contributed by atoms with E-state index in [1.54, 1.807) is 16.2 Å². The van der Waals surface area contributed by atoms with Gasteiger partial charge >= 0.3 is 0 Å². The highest BCUT2D eigenvalue weighted by Gasteiger charge is 2.33. The summed E-state index contributed by atoms with van der Waals surface area (Å²) in [6, 6.07) is 11.7. The van der Waals surface area contributed by atoms with Gasteiger partial charge < -0.3 is 14.4 Å². The van der Waals surface area contributed by atoms with Crippen molar-refractivity contribution in [3.05, 3.63) is 47.5 Å². The van der Waals surface area contributed by atoms with E-state index in [2.05, 4.69) is 44.7 Å².